The number of nitrogens with zero attached hydrogens (tertiary/aromatic N) is 2. The second-order valence-electron chi connectivity index (χ2n) is 5.97. The molecule has 21 heavy (non-hydrogen) atoms. The Morgan fingerprint density at radius 1 is 1.33 bits per heavy atom. The minimum atomic E-state index is -0.740. The number of anilines is 1. The van der Waals surface area contributed by atoms with E-state index in [1.165, 1.54) is 6.07 Å². The lowest BCUT2D eigenvalue weighted by Crippen LogP contribution is -2.62. The first kappa shape index (κ1) is 15.8. The molecule has 1 saturated heterocycles. The maximum Gasteiger partial charge on any atom is 0.247 e. The average molecular weight is 293 g/mol. The summed E-state index contributed by atoms with van der Waals surface area (Å²) in [6.07, 6.45) is 0. The largest absolute Gasteiger partial charge is 0.353 e. The summed E-state index contributed by atoms with van der Waals surface area (Å²) in [5.74, 6) is -0.248. The fourth-order valence-electron chi connectivity index (χ4n) is 2.87. The van der Waals surface area contributed by atoms with Gasteiger partial charge in [0.25, 0.3) is 0 Å². The molecule has 0 spiro atoms. The van der Waals surface area contributed by atoms with E-state index in [9.17, 15) is 9.18 Å². The Morgan fingerprint density at radius 3 is 2.71 bits per heavy atom. The van der Waals surface area contributed by atoms with Gasteiger partial charge in [-0.1, -0.05) is 19.1 Å². The molecule has 1 aliphatic rings. The molecule has 1 aliphatic heterocycles. The van der Waals surface area contributed by atoms with Crippen molar-refractivity contribution in [2.45, 2.75) is 32.9 Å². The predicted octanol–water partition coefficient (Wildman–Crippen LogP) is 1.99. The monoisotopic (exact) mass is 293 g/mol. The van der Waals surface area contributed by atoms with Gasteiger partial charge in [-0.3, -0.25) is 4.79 Å². The quantitative estimate of drug-likeness (QED) is 0.922. The van der Waals surface area contributed by atoms with Gasteiger partial charge >= 0.3 is 0 Å². The molecular weight excluding hydrogens is 269 g/mol. The minimum absolute atomic E-state index is 0.0198. The summed E-state index contributed by atoms with van der Waals surface area (Å²) < 4.78 is 14.4. The van der Waals surface area contributed by atoms with Crippen LogP contribution in [-0.4, -0.2) is 43.0 Å². The van der Waals surface area contributed by atoms with Crippen LogP contribution in [0.1, 0.15) is 26.3 Å². The maximum atomic E-state index is 14.4. The van der Waals surface area contributed by atoms with Gasteiger partial charge in [0.1, 0.15) is 11.4 Å². The lowest BCUT2D eigenvalue weighted by Gasteiger charge is -2.46. The van der Waals surface area contributed by atoms with Crippen LogP contribution in [0.4, 0.5) is 10.1 Å². The van der Waals surface area contributed by atoms with Crippen molar-refractivity contribution >= 4 is 11.6 Å². The molecule has 1 N–H and O–H groups in total. The number of amides is 1. The average Bonchev–Trinajstić information content (AvgIpc) is 2.44. The van der Waals surface area contributed by atoms with Gasteiger partial charge in [0.2, 0.25) is 5.91 Å². The number of likely N-dealkylation sites (N-methyl/N-ethyl adjacent to an activating group) is 1. The predicted molar refractivity (Wildman–Crippen MR) is 82.8 cm³/mol. The van der Waals surface area contributed by atoms with Gasteiger partial charge in [-0.15, -0.1) is 0 Å². The van der Waals surface area contributed by atoms with E-state index in [1.54, 1.807) is 18.0 Å². The van der Waals surface area contributed by atoms with Crippen molar-refractivity contribution in [3.8, 4) is 0 Å². The van der Waals surface area contributed by atoms with Crippen LogP contribution in [0.3, 0.4) is 0 Å². The van der Waals surface area contributed by atoms with Crippen LogP contribution in [0, 0.1) is 5.82 Å². The molecule has 5 heteroatoms. The first-order chi connectivity index (χ1) is 9.89. The number of hydrogen-bond acceptors (Lipinski definition) is 3. The first-order valence-corrected chi connectivity index (χ1v) is 7.41. The Balaban J connectivity index is 2.43. The topological polar surface area (TPSA) is 35.6 Å². The van der Waals surface area contributed by atoms with E-state index >= 15 is 0 Å². The zero-order chi connectivity index (χ0) is 15.6. The summed E-state index contributed by atoms with van der Waals surface area (Å²) in [7, 11) is 1.79. The number of carbonyl (C=O) groups excluding carboxylic acids is 1. The van der Waals surface area contributed by atoms with Gasteiger partial charge in [-0.05, 0) is 32.0 Å². The molecule has 116 valence electrons. The van der Waals surface area contributed by atoms with Crippen LogP contribution in [0.2, 0.25) is 0 Å². The molecule has 0 aliphatic carbocycles. The maximum absolute atomic E-state index is 14.4. The van der Waals surface area contributed by atoms with Crippen molar-refractivity contribution in [1.82, 2.24) is 10.2 Å². The van der Waals surface area contributed by atoms with Gasteiger partial charge in [0.05, 0.1) is 5.69 Å². The van der Waals surface area contributed by atoms with Crippen molar-refractivity contribution < 1.29 is 9.18 Å². The second kappa shape index (κ2) is 6.02. The number of para-hydroxylation sites is 1. The van der Waals surface area contributed by atoms with E-state index in [2.05, 4.69) is 5.32 Å². The number of rotatable bonds is 4. The van der Waals surface area contributed by atoms with E-state index in [-0.39, 0.29) is 11.7 Å². The molecule has 2 rings (SSSR count). The van der Waals surface area contributed by atoms with E-state index in [0.29, 0.717) is 25.3 Å². The number of nitrogens with one attached hydrogen (secondary N) is 1. The number of halogens is 1. The summed E-state index contributed by atoms with van der Waals surface area (Å²) in [6.45, 7) is 8.39. The standard InChI is InChI=1S/C16H24FN3O/c1-5-18-11-12-7-6-8-13(17)14(12)20-10-9-19(4)15(21)16(20,2)3/h6-8,18H,5,9-11H2,1-4H3. The molecule has 1 fully saturated rings. The zero-order valence-corrected chi connectivity index (χ0v) is 13.2. The molecule has 1 heterocycles. The van der Waals surface area contributed by atoms with Crippen molar-refractivity contribution in [2.24, 2.45) is 0 Å². The molecule has 1 aromatic rings. The Labute approximate surface area is 125 Å². The molecule has 0 aromatic heterocycles. The number of benzene rings is 1. The van der Waals surface area contributed by atoms with Crippen molar-refractivity contribution in [3.63, 3.8) is 0 Å². The third kappa shape index (κ3) is 2.88. The van der Waals surface area contributed by atoms with Gasteiger partial charge in [-0.25, -0.2) is 4.39 Å². The van der Waals surface area contributed by atoms with E-state index in [1.807, 2.05) is 31.7 Å². The highest BCUT2D eigenvalue weighted by Crippen LogP contribution is 2.33. The molecular formula is C16H24FN3O. The molecule has 0 unspecified atom stereocenters. The van der Waals surface area contributed by atoms with Crippen LogP contribution < -0.4 is 10.2 Å². The third-order valence-corrected chi connectivity index (χ3v) is 4.11. The van der Waals surface area contributed by atoms with Crippen molar-refractivity contribution in [2.75, 3.05) is 31.6 Å². The molecule has 0 radical (unpaired) electrons. The summed E-state index contributed by atoms with van der Waals surface area (Å²) in [6, 6.07) is 5.10. The lowest BCUT2D eigenvalue weighted by molar-refractivity contribution is -0.136. The van der Waals surface area contributed by atoms with Gasteiger partial charge in [0.15, 0.2) is 0 Å². The molecule has 1 amide bonds. The lowest BCUT2D eigenvalue weighted by atomic mass is 9.95. The summed E-state index contributed by atoms with van der Waals surface area (Å²) in [5.41, 5.74) is 0.697. The fraction of sp³-hybridized carbons (Fsp3) is 0.562. The van der Waals surface area contributed by atoms with Crippen LogP contribution in [0.25, 0.3) is 0 Å². The zero-order valence-electron chi connectivity index (χ0n) is 13.2. The van der Waals surface area contributed by atoms with Crippen molar-refractivity contribution in [3.05, 3.63) is 29.6 Å². The van der Waals surface area contributed by atoms with Gasteiger partial charge in [-0.2, -0.15) is 0 Å². The van der Waals surface area contributed by atoms with Crippen LogP contribution in [0.15, 0.2) is 18.2 Å². The highest BCUT2D eigenvalue weighted by atomic mass is 19.1. The first-order valence-electron chi connectivity index (χ1n) is 7.41. The molecule has 0 atom stereocenters. The van der Waals surface area contributed by atoms with Crippen LogP contribution >= 0.6 is 0 Å². The Hall–Kier alpha value is -1.62. The Morgan fingerprint density at radius 2 is 2.05 bits per heavy atom. The normalized spacial score (nSPS) is 18.2. The molecule has 0 saturated carbocycles. The summed E-state index contributed by atoms with van der Waals surface area (Å²) in [5, 5.41) is 3.23. The SMILES string of the molecule is CCNCc1cccc(F)c1N1CCN(C)C(=O)C1(C)C. The Kier molecular flexibility index (Phi) is 4.52. The van der Waals surface area contributed by atoms with Crippen molar-refractivity contribution in [1.29, 1.82) is 0 Å². The second-order valence-corrected chi connectivity index (χ2v) is 5.97. The smallest absolute Gasteiger partial charge is 0.247 e. The fourth-order valence-corrected chi connectivity index (χ4v) is 2.87. The number of piperazine rings is 1. The summed E-state index contributed by atoms with van der Waals surface area (Å²) in [4.78, 5) is 16.0. The Bertz CT molecular complexity index is 530. The van der Waals surface area contributed by atoms with Crippen LogP contribution in [0.5, 0.6) is 0 Å². The van der Waals surface area contributed by atoms with E-state index < -0.39 is 5.54 Å². The number of carbonyl (C=O) groups is 1. The van der Waals surface area contributed by atoms with E-state index in [0.717, 1.165) is 12.1 Å². The van der Waals surface area contributed by atoms with Gasteiger partial charge < -0.3 is 15.1 Å². The molecule has 4 nitrogen and oxygen atoms in total. The minimum Gasteiger partial charge on any atom is -0.353 e. The highest BCUT2D eigenvalue weighted by Gasteiger charge is 2.42. The molecule has 1 aromatic carbocycles. The highest BCUT2D eigenvalue weighted by molar-refractivity contribution is 5.90. The number of hydrogen-bond donors (Lipinski definition) is 1. The molecule has 0 bridgehead atoms. The van der Waals surface area contributed by atoms with Crippen LogP contribution in [-0.2, 0) is 11.3 Å². The van der Waals surface area contributed by atoms with Gasteiger partial charge in [0, 0.05) is 26.7 Å². The third-order valence-electron chi connectivity index (χ3n) is 4.11. The summed E-state index contributed by atoms with van der Waals surface area (Å²) >= 11 is 0. The van der Waals surface area contributed by atoms with E-state index in [4.69, 9.17) is 0 Å².